The highest BCUT2D eigenvalue weighted by molar-refractivity contribution is 6.32. The number of carbonyl (C=O) groups excluding carboxylic acids is 1. The fourth-order valence-corrected chi connectivity index (χ4v) is 5.08. The Morgan fingerprint density at radius 2 is 1.95 bits per heavy atom. The van der Waals surface area contributed by atoms with Gasteiger partial charge in [-0.2, -0.15) is 0 Å². The van der Waals surface area contributed by atoms with Gasteiger partial charge in [-0.05, 0) is 87.0 Å². The maximum atomic E-state index is 12.8. The number of hydroxylamine groups is 2. The van der Waals surface area contributed by atoms with Crippen molar-refractivity contribution in [2.24, 2.45) is 11.7 Å². The van der Waals surface area contributed by atoms with Crippen LogP contribution >= 0.6 is 11.6 Å². The fourth-order valence-electron chi connectivity index (χ4n) is 4.85. The van der Waals surface area contributed by atoms with Gasteiger partial charge in [0, 0.05) is 36.7 Å². The van der Waals surface area contributed by atoms with Gasteiger partial charge in [0.1, 0.15) is 5.75 Å². The van der Waals surface area contributed by atoms with Crippen molar-refractivity contribution in [1.82, 2.24) is 19.4 Å². The van der Waals surface area contributed by atoms with Gasteiger partial charge in [-0.15, -0.1) is 5.06 Å². The van der Waals surface area contributed by atoms with Crippen molar-refractivity contribution in [1.29, 1.82) is 0 Å². The molecule has 202 valence electrons. The number of nitrogens with two attached hydrogens (primary N) is 1. The molecule has 2 fully saturated rings. The molecule has 10 heteroatoms. The SMILES string of the molecule is Cc1cc(Nc2nccn3c(-c4ccc(OC5CC5)c(Cl)c4)cnc23)ccc1C(=O)ON1CCC(CN)CC1. The number of piperidine rings is 1. The molecular weight excluding hydrogens is 516 g/mol. The smallest absolute Gasteiger partial charge is 0.357 e. The van der Waals surface area contributed by atoms with Crippen LogP contribution < -0.4 is 15.8 Å². The second-order valence-electron chi connectivity index (χ2n) is 10.2. The first-order chi connectivity index (χ1) is 19.0. The van der Waals surface area contributed by atoms with Gasteiger partial charge in [-0.25, -0.2) is 14.8 Å². The van der Waals surface area contributed by atoms with Gasteiger partial charge < -0.3 is 20.6 Å². The highest BCUT2D eigenvalue weighted by Crippen LogP contribution is 2.35. The number of nitrogens with zero attached hydrogens (tertiary/aromatic N) is 4. The number of imidazole rings is 1. The van der Waals surface area contributed by atoms with E-state index in [4.69, 9.17) is 26.9 Å². The maximum absolute atomic E-state index is 12.8. The highest BCUT2D eigenvalue weighted by atomic mass is 35.5. The predicted octanol–water partition coefficient (Wildman–Crippen LogP) is 5.39. The Hall–Kier alpha value is -3.66. The number of anilines is 2. The molecule has 2 aliphatic rings. The molecule has 0 spiro atoms. The third kappa shape index (κ3) is 5.56. The number of halogens is 1. The topological polar surface area (TPSA) is 107 Å². The van der Waals surface area contributed by atoms with Crippen molar-refractivity contribution in [3.63, 3.8) is 0 Å². The van der Waals surface area contributed by atoms with Crippen LogP contribution in [0.1, 0.15) is 41.6 Å². The number of hydrogen-bond acceptors (Lipinski definition) is 8. The van der Waals surface area contributed by atoms with Crippen LogP contribution in [0.2, 0.25) is 5.02 Å². The third-order valence-corrected chi connectivity index (χ3v) is 7.60. The lowest BCUT2D eigenvalue weighted by Crippen LogP contribution is -2.37. The van der Waals surface area contributed by atoms with Gasteiger partial charge in [0.15, 0.2) is 11.5 Å². The van der Waals surface area contributed by atoms with E-state index in [9.17, 15) is 4.79 Å². The molecule has 1 saturated carbocycles. The van der Waals surface area contributed by atoms with Crippen molar-refractivity contribution >= 4 is 34.7 Å². The maximum Gasteiger partial charge on any atom is 0.357 e. The van der Waals surface area contributed by atoms with Gasteiger partial charge in [-0.3, -0.25) is 4.40 Å². The fraction of sp³-hybridized carbons (Fsp3) is 0.345. The Kier molecular flexibility index (Phi) is 7.12. The first kappa shape index (κ1) is 25.6. The average Bonchev–Trinajstić information content (AvgIpc) is 3.65. The van der Waals surface area contributed by atoms with E-state index in [1.54, 1.807) is 23.5 Å². The van der Waals surface area contributed by atoms with E-state index < -0.39 is 0 Å². The Morgan fingerprint density at radius 3 is 2.67 bits per heavy atom. The molecule has 0 bridgehead atoms. The minimum absolute atomic E-state index is 0.284. The van der Waals surface area contributed by atoms with Gasteiger partial charge >= 0.3 is 5.97 Å². The molecule has 39 heavy (non-hydrogen) atoms. The van der Waals surface area contributed by atoms with Crippen LogP contribution in [0.4, 0.5) is 11.5 Å². The zero-order valence-corrected chi connectivity index (χ0v) is 22.5. The summed E-state index contributed by atoms with van der Waals surface area (Å²) in [4.78, 5) is 27.6. The summed E-state index contributed by atoms with van der Waals surface area (Å²) in [5, 5.41) is 5.66. The number of rotatable bonds is 8. The number of nitrogens with one attached hydrogen (secondary N) is 1. The Labute approximate surface area is 231 Å². The summed E-state index contributed by atoms with van der Waals surface area (Å²) in [6.45, 7) is 3.98. The highest BCUT2D eigenvalue weighted by Gasteiger charge is 2.25. The Morgan fingerprint density at radius 1 is 1.13 bits per heavy atom. The normalized spacial score (nSPS) is 16.4. The molecular formula is C29H31ClN6O3. The predicted molar refractivity (Wildman–Crippen MR) is 150 cm³/mol. The van der Waals surface area contributed by atoms with Crippen LogP contribution in [0.3, 0.4) is 0 Å². The Balaban J connectivity index is 1.17. The van der Waals surface area contributed by atoms with Crippen LogP contribution in [0.5, 0.6) is 5.75 Å². The first-order valence-corrected chi connectivity index (χ1v) is 13.7. The van der Waals surface area contributed by atoms with E-state index in [1.165, 1.54) is 0 Å². The van der Waals surface area contributed by atoms with E-state index >= 15 is 0 Å². The number of carbonyl (C=O) groups is 1. The monoisotopic (exact) mass is 546 g/mol. The van der Waals surface area contributed by atoms with Gasteiger partial charge in [0.25, 0.3) is 0 Å². The zero-order chi connectivity index (χ0) is 26.9. The molecule has 6 rings (SSSR count). The summed E-state index contributed by atoms with van der Waals surface area (Å²) in [6.07, 6.45) is 9.71. The molecule has 0 amide bonds. The molecule has 1 aliphatic heterocycles. The van der Waals surface area contributed by atoms with Crippen LogP contribution in [0.15, 0.2) is 55.0 Å². The number of hydrogen-bond donors (Lipinski definition) is 2. The van der Waals surface area contributed by atoms with E-state index in [1.807, 2.05) is 47.9 Å². The minimum atomic E-state index is -0.351. The molecule has 0 radical (unpaired) electrons. The molecule has 1 aliphatic carbocycles. The third-order valence-electron chi connectivity index (χ3n) is 7.30. The molecule has 2 aromatic carbocycles. The van der Waals surface area contributed by atoms with E-state index in [2.05, 4.69) is 15.3 Å². The average molecular weight is 547 g/mol. The summed E-state index contributed by atoms with van der Waals surface area (Å²) < 4.78 is 7.84. The summed E-state index contributed by atoms with van der Waals surface area (Å²) in [5.74, 6) is 1.46. The zero-order valence-electron chi connectivity index (χ0n) is 21.8. The van der Waals surface area contributed by atoms with Crippen LogP contribution in [-0.2, 0) is 4.84 Å². The number of fused-ring (bicyclic) bond motifs is 1. The van der Waals surface area contributed by atoms with Gasteiger partial charge in [-0.1, -0.05) is 11.6 Å². The molecule has 9 nitrogen and oxygen atoms in total. The molecule has 0 unspecified atom stereocenters. The standard InChI is InChI=1S/C29H31ClN6O3/c1-18-14-21(3-6-23(18)29(37)39-35-11-8-19(16-31)9-12-35)34-27-28-33-17-25(36(28)13-10-32-27)20-2-7-26(24(30)15-20)38-22-4-5-22/h2-3,6-7,10,13-15,17,19,22H,4-5,8-9,11-12,16,31H2,1H3,(H,32,34). The van der Waals surface area contributed by atoms with Crippen molar-refractivity contribution in [3.8, 4) is 17.0 Å². The molecule has 3 N–H and O–H groups in total. The van der Waals surface area contributed by atoms with Gasteiger partial charge in [0.05, 0.1) is 28.6 Å². The molecule has 0 atom stereocenters. The number of aromatic nitrogens is 3. The second kappa shape index (κ2) is 10.8. The molecule has 2 aromatic heterocycles. The summed E-state index contributed by atoms with van der Waals surface area (Å²) in [7, 11) is 0. The van der Waals surface area contributed by atoms with Crippen LogP contribution in [0.25, 0.3) is 16.9 Å². The lowest BCUT2D eigenvalue weighted by atomic mass is 9.98. The number of benzene rings is 2. The molecule has 4 aromatic rings. The van der Waals surface area contributed by atoms with E-state index in [0.29, 0.717) is 53.4 Å². The van der Waals surface area contributed by atoms with E-state index in [-0.39, 0.29) is 12.1 Å². The first-order valence-electron chi connectivity index (χ1n) is 13.3. The summed E-state index contributed by atoms with van der Waals surface area (Å²) in [6, 6.07) is 11.3. The Bertz CT molecular complexity index is 1510. The molecule has 1 saturated heterocycles. The van der Waals surface area contributed by atoms with Crippen molar-refractivity contribution in [2.45, 2.75) is 38.7 Å². The summed E-state index contributed by atoms with van der Waals surface area (Å²) >= 11 is 6.50. The largest absolute Gasteiger partial charge is 0.489 e. The van der Waals surface area contributed by atoms with Crippen LogP contribution in [-0.4, -0.2) is 51.1 Å². The van der Waals surface area contributed by atoms with Crippen molar-refractivity contribution in [3.05, 3.63) is 71.1 Å². The van der Waals surface area contributed by atoms with Crippen molar-refractivity contribution < 1.29 is 14.4 Å². The molecule has 3 heterocycles. The lowest BCUT2D eigenvalue weighted by molar-refractivity contribution is -0.125. The second-order valence-corrected chi connectivity index (χ2v) is 10.6. The number of aryl methyl sites for hydroxylation is 1. The minimum Gasteiger partial charge on any atom is -0.489 e. The quantitative estimate of drug-likeness (QED) is 0.303. The van der Waals surface area contributed by atoms with Gasteiger partial charge in [0.2, 0.25) is 0 Å². The lowest BCUT2D eigenvalue weighted by Gasteiger charge is -2.29. The van der Waals surface area contributed by atoms with Crippen molar-refractivity contribution in [2.75, 3.05) is 25.0 Å². The van der Waals surface area contributed by atoms with E-state index in [0.717, 1.165) is 48.2 Å². The number of ether oxygens (including phenoxy) is 1. The van der Waals surface area contributed by atoms with Crippen LogP contribution in [0, 0.1) is 12.8 Å². The summed E-state index contributed by atoms with van der Waals surface area (Å²) in [5.41, 5.74) is 10.4.